The van der Waals surface area contributed by atoms with Gasteiger partial charge < -0.3 is 10.2 Å². The number of carboxylic acid groups (broad SMARTS) is 2. The Morgan fingerprint density at radius 1 is 0.571 bits per heavy atom. The Labute approximate surface area is 164 Å². The maximum Gasteiger partial charge on any atom is 0.335 e. The van der Waals surface area contributed by atoms with Crippen LogP contribution in [0.25, 0.3) is 0 Å². The largest absolute Gasteiger partial charge is 0.478 e. The van der Waals surface area contributed by atoms with Gasteiger partial charge in [0.05, 0.1) is 11.1 Å². The standard InChI is InChI=1S/C24H22O4/c25-23(26)21-16-22(24(27)28)20(14-12-18-9-5-2-6-10-18)15-19(21)13-11-17-7-3-1-4-8-17/h1-10,15-16H,11-14H2,(H,25,26)(H,27,28). The molecule has 0 fully saturated rings. The van der Waals surface area contributed by atoms with Crippen molar-refractivity contribution in [1.29, 1.82) is 0 Å². The molecule has 3 rings (SSSR count). The number of hydrogen-bond donors (Lipinski definition) is 2. The van der Waals surface area contributed by atoms with Crippen LogP contribution in [0.2, 0.25) is 0 Å². The zero-order valence-electron chi connectivity index (χ0n) is 15.5. The highest BCUT2D eigenvalue weighted by molar-refractivity contribution is 5.96. The van der Waals surface area contributed by atoms with Gasteiger partial charge in [-0.15, -0.1) is 0 Å². The third-order valence-corrected chi connectivity index (χ3v) is 4.84. The van der Waals surface area contributed by atoms with Gasteiger partial charge in [0.15, 0.2) is 0 Å². The van der Waals surface area contributed by atoms with Crippen LogP contribution in [-0.4, -0.2) is 22.2 Å². The first kappa shape index (κ1) is 19.4. The predicted molar refractivity (Wildman–Crippen MR) is 108 cm³/mol. The Balaban J connectivity index is 1.90. The molecule has 0 aliphatic rings. The summed E-state index contributed by atoms with van der Waals surface area (Å²) in [6.07, 6.45) is 2.49. The highest BCUT2D eigenvalue weighted by Crippen LogP contribution is 2.22. The van der Waals surface area contributed by atoms with Gasteiger partial charge in [0, 0.05) is 0 Å². The molecule has 2 N–H and O–H groups in total. The van der Waals surface area contributed by atoms with Gasteiger partial charge in [-0.1, -0.05) is 66.7 Å². The van der Waals surface area contributed by atoms with Crippen molar-refractivity contribution >= 4 is 11.9 Å². The van der Waals surface area contributed by atoms with Crippen LogP contribution in [-0.2, 0) is 25.7 Å². The molecule has 0 radical (unpaired) electrons. The fourth-order valence-corrected chi connectivity index (χ4v) is 3.35. The number of benzene rings is 3. The van der Waals surface area contributed by atoms with E-state index in [2.05, 4.69) is 0 Å². The Morgan fingerprint density at radius 2 is 0.964 bits per heavy atom. The second kappa shape index (κ2) is 9.00. The summed E-state index contributed by atoms with van der Waals surface area (Å²) in [5.74, 6) is -2.19. The first-order chi connectivity index (χ1) is 13.5. The number of aromatic carboxylic acids is 2. The molecule has 0 aromatic heterocycles. The maximum atomic E-state index is 11.7. The average molecular weight is 374 g/mol. The Hall–Kier alpha value is -3.40. The van der Waals surface area contributed by atoms with Crippen molar-refractivity contribution in [2.45, 2.75) is 25.7 Å². The molecular formula is C24H22O4. The topological polar surface area (TPSA) is 74.6 Å². The Kier molecular flexibility index (Phi) is 6.22. The lowest BCUT2D eigenvalue weighted by Gasteiger charge is -2.13. The van der Waals surface area contributed by atoms with Crippen molar-refractivity contribution in [3.05, 3.63) is 106 Å². The van der Waals surface area contributed by atoms with Gasteiger partial charge in [-0.05, 0) is 54.0 Å². The third kappa shape index (κ3) is 4.86. The average Bonchev–Trinajstić information content (AvgIpc) is 2.71. The van der Waals surface area contributed by atoms with E-state index in [0.29, 0.717) is 36.8 Å². The third-order valence-electron chi connectivity index (χ3n) is 4.84. The smallest absolute Gasteiger partial charge is 0.335 e. The van der Waals surface area contributed by atoms with E-state index < -0.39 is 11.9 Å². The second-order valence-corrected chi connectivity index (χ2v) is 6.75. The molecule has 4 nitrogen and oxygen atoms in total. The fraction of sp³-hybridized carbons (Fsp3) is 0.167. The minimum absolute atomic E-state index is 0.0665. The van der Waals surface area contributed by atoms with Gasteiger partial charge in [-0.2, -0.15) is 0 Å². The minimum atomic E-state index is -1.10. The van der Waals surface area contributed by atoms with Gasteiger partial charge in [-0.3, -0.25) is 0 Å². The van der Waals surface area contributed by atoms with Crippen LogP contribution in [0.5, 0.6) is 0 Å². The van der Waals surface area contributed by atoms with E-state index in [1.165, 1.54) is 6.07 Å². The van der Waals surface area contributed by atoms with Crippen LogP contribution in [0, 0.1) is 0 Å². The predicted octanol–water partition coefficient (Wildman–Crippen LogP) is 4.65. The number of carbonyl (C=O) groups is 2. The van der Waals surface area contributed by atoms with Crippen LogP contribution in [0.15, 0.2) is 72.8 Å². The van der Waals surface area contributed by atoms with E-state index in [4.69, 9.17) is 0 Å². The number of rotatable bonds is 8. The first-order valence-electron chi connectivity index (χ1n) is 9.25. The monoisotopic (exact) mass is 374 g/mol. The van der Waals surface area contributed by atoms with Crippen LogP contribution < -0.4 is 0 Å². The van der Waals surface area contributed by atoms with E-state index in [0.717, 1.165) is 11.1 Å². The summed E-state index contributed by atoms with van der Waals surface area (Å²) in [5, 5.41) is 19.1. The van der Waals surface area contributed by atoms with Gasteiger partial charge in [0.25, 0.3) is 0 Å². The molecule has 0 aliphatic carbocycles. The van der Waals surface area contributed by atoms with Gasteiger partial charge >= 0.3 is 11.9 Å². The summed E-state index contributed by atoms with van der Waals surface area (Å²) < 4.78 is 0. The molecule has 0 heterocycles. The second-order valence-electron chi connectivity index (χ2n) is 6.75. The molecule has 0 saturated heterocycles. The number of carboxylic acids is 2. The summed E-state index contributed by atoms with van der Waals surface area (Å²) in [4.78, 5) is 23.4. The zero-order valence-corrected chi connectivity index (χ0v) is 15.5. The number of aryl methyl sites for hydroxylation is 4. The van der Waals surface area contributed by atoms with Crippen molar-refractivity contribution in [2.75, 3.05) is 0 Å². The van der Waals surface area contributed by atoms with Crippen molar-refractivity contribution < 1.29 is 19.8 Å². The van der Waals surface area contributed by atoms with E-state index in [1.54, 1.807) is 6.07 Å². The van der Waals surface area contributed by atoms with E-state index in [-0.39, 0.29) is 11.1 Å². The highest BCUT2D eigenvalue weighted by atomic mass is 16.4. The van der Waals surface area contributed by atoms with Crippen LogP contribution >= 0.6 is 0 Å². The molecule has 4 heteroatoms. The Bertz CT molecular complexity index is 886. The van der Waals surface area contributed by atoms with Crippen LogP contribution in [0.4, 0.5) is 0 Å². The van der Waals surface area contributed by atoms with E-state index in [9.17, 15) is 19.8 Å². The molecule has 142 valence electrons. The molecule has 0 unspecified atom stereocenters. The van der Waals surface area contributed by atoms with Crippen molar-refractivity contribution in [3.8, 4) is 0 Å². The van der Waals surface area contributed by atoms with Crippen molar-refractivity contribution in [2.24, 2.45) is 0 Å². The lowest BCUT2D eigenvalue weighted by molar-refractivity contribution is 0.0695. The van der Waals surface area contributed by atoms with Gasteiger partial charge in [0.2, 0.25) is 0 Å². The molecule has 28 heavy (non-hydrogen) atoms. The van der Waals surface area contributed by atoms with Crippen molar-refractivity contribution in [1.82, 2.24) is 0 Å². The van der Waals surface area contributed by atoms with Gasteiger partial charge in [-0.25, -0.2) is 9.59 Å². The van der Waals surface area contributed by atoms with Crippen molar-refractivity contribution in [3.63, 3.8) is 0 Å². The summed E-state index contributed by atoms with van der Waals surface area (Å²) in [7, 11) is 0. The zero-order chi connectivity index (χ0) is 19.9. The number of hydrogen-bond acceptors (Lipinski definition) is 2. The highest BCUT2D eigenvalue weighted by Gasteiger charge is 2.18. The molecule has 3 aromatic carbocycles. The lowest BCUT2D eigenvalue weighted by Crippen LogP contribution is -2.11. The molecule has 0 bridgehead atoms. The lowest BCUT2D eigenvalue weighted by atomic mass is 9.91. The molecule has 0 saturated carbocycles. The first-order valence-corrected chi connectivity index (χ1v) is 9.25. The van der Waals surface area contributed by atoms with E-state index >= 15 is 0 Å². The molecular weight excluding hydrogens is 352 g/mol. The van der Waals surface area contributed by atoms with Gasteiger partial charge in [0.1, 0.15) is 0 Å². The Morgan fingerprint density at radius 3 is 1.32 bits per heavy atom. The molecule has 0 spiro atoms. The summed E-state index contributed by atoms with van der Waals surface area (Å²) in [6, 6.07) is 22.8. The molecule has 0 atom stereocenters. The quantitative estimate of drug-likeness (QED) is 0.602. The summed E-state index contributed by atoms with van der Waals surface area (Å²) in [5.41, 5.74) is 3.71. The maximum absolute atomic E-state index is 11.7. The summed E-state index contributed by atoms with van der Waals surface area (Å²) in [6.45, 7) is 0. The van der Waals surface area contributed by atoms with Crippen LogP contribution in [0.1, 0.15) is 43.0 Å². The van der Waals surface area contributed by atoms with E-state index in [1.807, 2.05) is 60.7 Å². The summed E-state index contributed by atoms with van der Waals surface area (Å²) >= 11 is 0. The molecule has 0 aliphatic heterocycles. The fourth-order valence-electron chi connectivity index (χ4n) is 3.35. The van der Waals surface area contributed by atoms with Crippen LogP contribution in [0.3, 0.4) is 0 Å². The molecule has 0 amide bonds. The SMILES string of the molecule is O=C(O)c1cc(C(=O)O)c(CCc2ccccc2)cc1CCc1ccccc1. The molecule has 3 aromatic rings. The normalized spacial score (nSPS) is 10.6. The minimum Gasteiger partial charge on any atom is -0.478 e.